The third-order valence-electron chi connectivity index (χ3n) is 1.58. The maximum atomic E-state index is 11.9. The Labute approximate surface area is 107 Å². The van der Waals surface area contributed by atoms with Crippen molar-refractivity contribution in [1.29, 1.82) is 0 Å². The Morgan fingerprint density at radius 3 is 2.35 bits per heavy atom. The van der Waals surface area contributed by atoms with Gasteiger partial charge in [0.15, 0.2) is 0 Å². The molecule has 0 amide bonds. The van der Waals surface area contributed by atoms with Gasteiger partial charge in [-0.2, -0.15) is 13.2 Å². The zero-order valence-corrected chi connectivity index (χ0v) is 9.82. The molecule has 1 rings (SSSR count). The summed E-state index contributed by atoms with van der Waals surface area (Å²) in [7, 11) is 0. The Morgan fingerprint density at radius 1 is 1.41 bits per heavy atom. The first-order valence-electron chi connectivity index (χ1n) is 3.81. The number of ether oxygens (including phenoxy) is 2. The van der Waals surface area contributed by atoms with E-state index in [2.05, 4.69) is 9.47 Å². The summed E-state index contributed by atoms with van der Waals surface area (Å²) in [5, 5.41) is -0.611. The van der Waals surface area contributed by atoms with Crippen LogP contribution in [0.1, 0.15) is 0 Å². The average Bonchev–Trinajstić information content (AvgIpc) is 2.40. The summed E-state index contributed by atoms with van der Waals surface area (Å²) < 4.78 is 43.8. The van der Waals surface area contributed by atoms with Crippen molar-refractivity contribution in [3.8, 4) is 0 Å². The smallest absolute Gasteiger partial charge is 0.417 e. The number of hydrogen-bond acceptors (Lipinski definition) is 4. The van der Waals surface area contributed by atoms with Gasteiger partial charge in [0.25, 0.3) is 6.29 Å². The maximum Gasteiger partial charge on any atom is 0.491 e. The van der Waals surface area contributed by atoms with Crippen molar-refractivity contribution in [1.82, 2.24) is 0 Å². The molecule has 1 aliphatic heterocycles. The molecular weight excluding hydrogens is 311 g/mol. The van der Waals surface area contributed by atoms with Crippen LogP contribution in [0.5, 0.6) is 0 Å². The molecule has 0 aromatic rings. The van der Waals surface area contributed by atoms with E-state index in [0.29, 0.717) is 0 Å². The predicted octanol–water partition coefficient (Wildman–Crippen LogP) is 2.27. The quantitative estimate of drug-likeness (QED) is 0.580. The summed E-state index contributed by atoms with van der Waals surface area (Å²) in [5.41, 5.74) is -0.447. The molecule has 1 unspecified atom stereocenters. The number of alkyl halides is 5. The van der Waals surface area contributed by atoms with Crippen molar-refractivity contribution < 1.29 is 32.2 Å². The van der Waals surface area contributed by atoms with Crippen molar-refractivity contribution in [3.05, 3.63) is 10.6 Å². The van der Waals surface area contributed by atoms with Crippen LogP contribution >= 0.6 is 34.8 Å². The van der Waals surface area contributed by atoms with Gasteiger partial charge in [-0.3, -0.25) is 0 Å². The highest BCUT2D eigenvalue weighted by atomic mass is 35.5. The van der Waals surface area contributed by atoms with Gasteiger partial charge < -0.3 is 9.47 Å². The lowest BCUT2D eigenvalue weighted by Crippen LogP contribution is -2.32. The molecule has 10 heteroatoms. The second-order valence-corrected chi connectivity index (χ2v) is 4.18. The Hall–Kier alpha value is -0.660. The molecular formula is C7H2Cl3F3O4. The minimum Gasteiger partial charge on any atom is -0.417 e. The van der Waals surface area contributed by atoms with Crippen LogP contribution in [0.3, 0.4) is 0 Å². The Balaban J connectivity index is 2.88. The largest absolute Gasteiger partial charge is 0.491 e. The molecule has 17 heavy (non-hydrogen) atoms. The third-order valence-corrected chi connectivity index (χ3v) is 2.42. The topological polar surface area (TPSA) is 52.6 Å². The highest BCUT2D eigenvalue weighted by Gasteiger charge is 2.46. The molecule has 0 saturated carbocycles. The number of esters is 2. The Kier molecular flexibility index (Phi) is 4.16. The molecule has 1 atom stereocenters. The number of carbonyl (C=O) groups is 2. The molecule has 0 aromatic heterocycles. The van der Waals surface area contributed by atoms with Crippen molar-refractivity contribution in [2.75, 3.05) is 0 Å². The zero-order valence-electron chi connectivity index (χ0n) is 7.56. The molecule has 0 N–H and O–H groups in total. The van der Waals surface area contributed by atoms with E-state index in [9.17, 15) is 22.8 Å². The zero-order chi connectivity index (χ0) is 13.4. The molecule has 0 radical (unpaired) electrons. The fourth-order valence-electron chi connectivity index (χ4n) is 0.884. The van der Waals surface area contributed by atoms with E-state index in [-0.39, 0.29) is 0 Å². The highest BCUT2D eigenvalue weighted by molar-refractivity contribution is 6.49. The van der Waals surface area contributed by atoms with Crippen molar-refractivity contribution in [2.24, 2.45) is 0 Å². The normalized spacial score (nSPS) is 20.9. The third kappa shape index (κ3) is 3.17. The van der Waals surface area contributed by atoms with E-state index in [1.165, 1.54) is 0 Å². The molecule has 0 bridgehead atoms. The molecule has 1 heterocycles. The minimum atomic E-state index is -5.24. The summed E-state index contributed by atoms with van der Waals surface area (Å²) in [6.45, 7) is 0. The van der Waals surface area contributed by atoms with Crippen LogP contribution in [0.2, 0.25) is 0 Å². The van der Waals surface area contributed by atoms with Gasteiger partial charge >= 0.3 is 18.1 Å². The first kappa shape index (κ1) is 14.4. The molecule has 0 aliphatic carbocycles. The van der Waals surface area contributed by atoms with Gasteiger partial charge in [-0.15, -0.1) is 23.2 Å². The van der Waals surface area contributed by atoms with Crippen LogP contribution < -0.4 is 0 Å². The van der Waals surface area contributed by atoms with Crippen LogP contribution in [0.15, 0.2) is 10.6 Å². The second-order valence-electron chi connectivity index (χ2n) is 2.71. The number of carbonyl (C=O) groups excluding carboxylic acids is 2. The first-order valence-corrected chi connectivity index (χ1v) is 5.06. The van der Waals surface area contributed by atoms with E-state index in [0.717, 1.165) is 0 Å². The number of rotatable bonds is 2. The summed E-state index contributed by atoms with van der Waals surface area (Å²) in [6.07, 6.45) is -7.20. The van der Waals surface area contributed by atoms with Gasteiger partial charge in [-0.05, 0) is 0 Å². The van der Waals surface area contributed by atoms with E-state index in [1.807, 2.05) is 0 Å². The first-order chi connectivity index (χ1) is 7.64. The lowest BCUT2D eigenvalue weighted by Gasteiger charge is -2.15. The summed E-state index contributed by atoms with van der Waals surface area (Å²) >= 11 is 16.1. The van der Waals surface area contributed by atoms with Crippen molar-refractivity contribution >= 4 is 46.7 Å². The van der Waals surface area contributed by atoms with Crippen LogP contribution in [0, 0.1) is 0 Å². The highest BCUT2D eigenvalue weighted by Crippen LogP contribution is 2.34. The second kappa shape index (κ2) is 4.91. The SMILES string of the molecule is O=C1OC(OC(=O)C(F)(F)F)C(C(Cl)Cl)=C1Cl. The summed E-state index contributed by atoms with van der Waals surface area (Å²) in [6, 6.07) is 0. The fraction of sp³-hybridized carbons (Fsp3) is 0.429. The molecule has 0 spiro atoms. The van der Waals surface area contributed by atoms with Crippen molar-refractivity contribution in [3.63, 3.8) is 0 Å². The molecule has 0 aromatic carbocycles. The summed E-state index contributed by atoms with van der Waals surface area (Å²) in [5.74, 6) is -3.72. The van der Waals surface area contributed by atoms with Gasteiger partial charge in [0.05, 0.1) is 5.57 Å². The average molecular weight is 313 g/mol. The number of halogens is 6. The molecule has 0 saturated heterocycles. The number of hydrogen-bond donors (Lipinski definition) is 0. The Bertz CT molecular complexity index is 390. The van der Waals surface area contributed by atoms with E-state index in [4.69, 9.17) is 34.8 Å². The number of cyclic esters (lactones) is 1. The van der Waals surface area contributed by atoms with Gasteiger partial charge in [0.2, 0.25) is 0 Å². The monoisotopic (exact) mass is 312 g/mol. The Morgan fingerprint density at radius 2 is 1.94 bits per heavy atom. The van der Waals surface area contributed by atoms with Crippen molar-refractivity contribution in [2.45, 2.75) is 17.3 Å². The molecule has 0 fully saturated rings. The van der Waals surface area contributed by atoms with Crippen LogP contribution in [0.4, 0.5) is 13.2 Å². The molecule has 96 valence electrons. The molecule has 4 nitrogen and oxygen atoms in total. The standard InChI is InChI=1S/C7H2Cl3F3O4/c8-2-1(3(9)10)5(16-4(2)14)17-6(15)7(11,12)13/h3,5H. The van der Waals surface area contributed by atoms with Gasteiger partial charge in [0, 0.05) is 0 Å². The lowest BCUT2D eigenvalue weighted by atomic mass is 10.3. The lowest BCUT2D eigenvalue weighted by molar-refractivity contribution is -0.217. The summed E-state index contributed by atoms with van der Waals surface area (Å²) in [4.78, 5) is 20.0. The minimum absolute atomic E-state index is 0.447. The van der Waals surface area contributed by atoms with E-state index >= 15 is 0 Å². The van der Waals surface area contributed by atoms with Crippen LogP contribution in [-0.4, -0.2) is 29.2 Å². The van der Waals surface area contributed by atoms with Crippen LogP contribution in [-0.2, 0) is 19.1 Å². The van der Waals surface area contributed by atoms with Gasteiger partial charge in [0.1, 0.15) is 9.87 Å². The predicted molar refractivity (Wildman–Crippen MR) is 50.4 cm³/mol. The maximum absolute atomic E-state index is 11.9. The van der Waals surface area contributed by atoms with Crippen LogP contribution in [0.25, 0.3) is 0 Å². The molecule has 1 aliphatic rings. The van der Waals surface area contributed by atoms with E-state index < -0.39 is 39.8 Å². The fourth-order valence-corrected chi connectivity index (χ4v) is 1.66. The van der Waals surface area contributed by atoms with Gasteiger partial charge in [-0.1, -0.05) is 11.6 Å². The van der Waals surface area contributed by atoms with Gasteiger partial charge in [-0.25, -0.2) is 9.59 Å². The van der Waals surface area contributed by atoms with E-state index in [1.54, 1.807) is 0 Å².